The van der Waals surface area contributed by atoms with Crippen LogP contribution in [0.15, 0.2) is 0 Å². The van der Waals surface area contributed by atoms with Crippen molar-refractivity contribution < 1.29 is 0 Å². The molecule has 0 aromatic heterocycles. The maximum atomic E-state index is 5.69. The molecule has 0 amide bonds. The molecule has 0 aliphatic carbocycles. The van der Waals surface area contributed by atoms with Crippen molar-refractivity contribution in [1.82, 2.24) is 0 Å². The molecule has 0 nitrogen and oxygen atoms in total. The molecule has 96 valence electrons. The number of hydrogen-bond donors (Lipinski definition) is 0. The molecule has 0 saturated carbocycles. The number of hydrogen-bond acceptors (Lipinski definition) is 1. The molecule has 0 spiro atoms. The van der Waals surface area contributed by atoms with Crippen molar-refractivity contribution in [2.24, 2.45) is 0 Å². The summed E-state index contributed by atoms with van der Waals surface area (Å²) in [6, 6.07) is 0. The molecule has 0 unspecified atom stereocenters. The van der Waals surface area contributed by atoms with E-state index in [2.05, 4.69) is 13.8 Å². The molecule has 0 aliphatic heterocycles. The minimum atomic E-state index is -1.25. The molecule has 0 aromatic rings. The Balaban J connectivity index is 3.12. The van der Waals surface area contributed by atoms with Gasteiger partial charge in [-0.2, -0.15) is 0 Å². The second-order valence-corrected chi connectivity index (χ2v) is 14.7. The fourth-order valence-electron chi connectivity index (χ4n) is 1.98. The van der Waals surface area contributed by atoms with E-state index in [1.165, 1.54) is 73.1 Å². The van der Waals surface area contributed by atoms with Gasteiger partial charge in [0.25, 0.3) is 0 Å². The van der Waals surface area contributed by atoms with Crippen molar-refractivity contribution in [3.8, 4) is 0 Å². The van der Waals surface area contributed by atoms with Crippen LogP contribution in [-0.4, -0.2) is 17.8 Å². The summed E-state index contributed by atoms with van der Waals surface area (Å²) in [4.78, 5) is 0. The predicted molar refractivity (Wildman–Crippen MR) is 80.5 cm³/mol. The van der Waals surface area contributed by atoms with Crippen LogP contribution in [-0.2, 0) is 0 Å². The average Bonchev–Trinajstić information content (AvgIpc) is 2.28. The quantitative estimate of drug-likeness (QED) is 0.302. The van der Waals surface area contributed by atoms with Crippen LogP contribution in [0.1, 0.15) is 78.1 Å². The number of unbranched alkanes of at least 4 members (excludes halogenated alkanes) is 8. The van der Waals surface area contributed by atoms with Crippen LogP contribution in [0, 0.1) is 0 Å². The molecule has 0 atom stereocenters. The fraction of sp³-hybridized carbons (Fsp3) is 1.00. The van der Waals surface area contributed by atoms with Gasteiger partial charge in [-0.05, 0) is 0 Å². The Hall–Kier alpha value is 1.02. The second-order valence-electron chi connectivity index (χ2n) is 4.87. The Bertz CT molecular complexity index is 141. The van der Waals surface area contributed by atoms with E-state index in [0.29, 0.717) is 0 Å². The van der Waals surface area contributed by atoms with Gasteiger partial charge in [0.2, 0.25) is 0 Å². The first-order chi connectivity index (χ1) is 7.81. The fourth-order valence-corrected chi connectivity index (χ4v) is 8.30. The summed E-state index contributed by atoms with van der Waals surface area (Å²) in [5.41, 5.74) is 0. The topological polar surface area (TPSA) is 0 Å². The third-order valence-corrected chi connectivity index (χ3v) is 11.1. The number of rotatable bonds is 12. The molecular formula is C14H30SSn. The van der Waals surface area contributed by atoms with Gasteiger partial charge < -0.3 is 0 Å². The van der Waals surface area contributed by atoms with E-state index >= 15 is 0 Å². The molecule has 0 aliphatic rings. The summed E-state index contributed by atoms with van der Waals surface area (Å²) in [5.74, 6) is 0. The molecule has 0 N–H and O–H groups in total. The van der Waals surface area contributed by atoms with Crippen LogP contribution in [0.5, 0.6) is 0 Å². The van der Waals surface area contributed by atoms with Gasteiger partial charge in [-0.3, -0.25) is 0 Å². The van der Waals surface area contributed by atoms with Gasteiger partial charge in [0.1, 0.15) is 0 Å². The monoisotopic (exact) mass is 350 g/mol. The molecule has 0 bridgehead atoms. The first-order valence-electron chi connectivity index (χ1n) is 7.33. The molecule has 0 rings (SSSR count). The molecule has 0 aromatic carbocycles. The zero-order valence-electron chi connectivity index (χ0n) is 11.4. The second kappa shape index (κ2) is 14.1. The molecule has 16 heavy (non-hydrogen) atoms. The van der Waals surface area contributed by atoms with Crippen LogP contribution in [0.25, 0.3) is 0 Å². The van der Waals surface area contributed by atoms with E-state index < -0.39 is 17.8 Å². The Kier molecular flexibility index (Phi) is 15.0. The van der Waals surface area contributed by atoms with Crippen LogP contribution < -0.4 is 0 Å². The summed E-state index contributed by atoms with van der Waals surface area (Å²) < 4.78 is 2.96. The summed E-state index contributed by atoms with van der Waals surface area (Å²) in [5, 5.41) is 0. The van der Waals surface area contributed by atoms with Crippen LogP contribution in [0.2, 0.25) is 8.87 Å². The van der Waals surface area contributed by atoms with Crippen LogP contribution >= 0.6 is 9.29 Å². The van der Waals surface area contributed by atoms with E-state index in [9.17, 15) is 0 Å². The van der Waals surface area contributed by atoms with Gasteiger partial charge in [0.15, 0.2) is 0 Å². The van der Waals surface area contributed by atoms with E-state index in [-0.39, 0.29) is 0 Å². The molecule has 0 saturated heterocycles. The SMILES string of the molecule is CCCCCC[CH2][Sn](=[S])[CH2]CCCCCC. The molecule has 2 heteroatoms. The Morgan fingerprint density at radius 3 is 1.38 bits per heavy atom. The third-order valence-electron chi connectivity index (χ3n) is 3.12. The maximum absolute atomic E-state index is 5.69. The zero-order valence-corrected chi connectivity index (χ0v) is 15.1. The molecular weight excluding hydrogens is 319 g/mol. The zero-order chi connectivity index (χ0) is 12.1. The van der Waals surface area contributed by atoms with Crippen LogP contribution in [0.3, 0.4) is 0 Å². The Morgan fingerprint density at radius 1 is 0.625 bits per heavy atom. The van der Waals surface area contributed by atoms with Gasteiger partial charge in [0.05, 0.1) is 0 Å². The van der Waals surface area contributed by atoms with Crippen molar-refractivity contribution in [1.29, 1.82) is 0 Å². The van der Waals surface area contributed by atoms with E-state index in [1.807, 2.05) is 0 Å². The summed E-state index contributed by atoms with van der Waals surface area (Å²) in [6.45, 7) is 4.56. The summed E-state index contributed by atoms with van der Waals surface area (Å²) >= 11 is -1.25. The molecule has 0 fully saturated rings. The van der Waals surface area contributed by atoms with Crippen molar-refractivity contribution >= 4 is 27.1 Å². The minimum absolute atomic E-state index is 1.25. The first-order valence-corrected chi connectivity index (χ1v) is 15.3. The third kappa shape index (κ3) is 13.1. The van der Waals surface area contributed by atoms with Gasteiger partial charge in [-0.25, -0.2) is 0 Å². The predicted octanol–water partition coefficient (Wildman–Crippen LogP) is 6.12. The summed E-state index contributed by atoms with van der Waals surface area (Å²) in [7, 11) is 5.69. The van der Waals surface area contributed by atoms with E-state index in [0.717, 1.165) is 0 Å². The standard InChI is InChI=1S/2C7H15.S.Sn/c2*1-3-5-7-6-4-2;;/h2*1,3-7H2,2H3;;. The van der Waals surface area contributed by atoms with Crippen molar-refractivity contribution in [3.63, 3.8) is 0 Å². The Labute approximate surface area is 113 Å². The average molecular weight is 349 g/mol. The van der Waals surface area contributed by atoms with Gasteiger partial charge in [-0.1, -0.05) is 0 Å². The first kappa shape index (κ1) is 17.0. The Morgan fingerprint density at radius 2 is 1.00 bits per heavy atom. The molecule has 0 heterocycles. The molecule has 0 radical (unpaired) electrons. The van der Waals surface area contributed by atoms with E-state index in [1.54, 1.807) is 0 Å². The van der Waals surface area contributed by atoms with Gasteiger partial charge in [0, 0.05) is 0 Å². The van der Waals surface area contributed by atoms with Crippen molar-refractivity contribution in [3.05, 3.63) is 0 Å². The van der Waals surface area contributed by atoms with E-state index in [4.69, 9.17) is 9.29 Å². The van der Waals surface area contributed by atoms with Gasteiger partial charge in [-0.15, -0.1) is 0 Å². The summed E-state index contributed by atoms with van der Waals surface area (Å²) in [6.07, 6.45) is 14.3. The van der Waals surface area contributed by atoms with Crippen LogP contribution in [0.4, 0.5) is 0 Å². The van der Waals surface area contributed by atoms with Crippen molar-refractivity contribution in [2.45, 2.75) is 86.9 Å². The van der Waals surface area contributed by atoms with Gasteiger partial charge >= 0.3 is 114 Å². The van der Waals surface area contributed by atoms with Crippen molar-refractivity contribution in [2.75, 3.05) is 0 Å². The normalized spacial score (nSPS) is 10.6.